The first-order valence-corrected chi connectivity index (χ1v) is 7.05. The van der Waals surface area contributed by atoms with Gasteiger partial charge in [0.1, 0.15) is 5.82 Å². The lowest BCUT2D eigenvalue weighted by atomic mass is 10.1. The molecule has 2 aliphatic heterocycles. The Balaban J connectivity index is 1.76. The molecule has 21 heavy (non-hydrogen) atoms. The van der Waals surface area contributed by atoms with Crippen molar-refractivity contribution in [3.05, 3.63) is 39.7 Å². The van der Waals surface area contributed by atoms with Crippen LogP contribution in [0, 0.1) is 15.9 Å². The Bertz CT molecular complexity index is 593. The first-order chi connectivity index (χ1) is 10.1. The summed E-state index contributed by atoms with van der Waals surface area (Å²) in [5.41, 5.74) is -0.545. The number of nitrogens with zero attached hydrogens (tertiary/aromatic N) is 2. The highest BCUT2D eigenvalue weighted by Gasteiger charge is 2.38. The van der Waals surface area contributed by atoms with Gasteiger partial charge in [-0.2, -0.15) is 0 Å². The smallest absolute Gasteiger partial charge is 0.270 e. The molecule has 6 nitrogen and oxygen atoms in total. The largest absolute Gasteiger partial charge is 0.348 e. The number of halogens is 1. The number of hydrogen-bond donors (Lipinski definition) is 1. The maximum Gasteiger partial charge on any atom is 0.270 e. The van der Waals surface area contributed by atoms with Crippen molar-refractivity contribution in [2.45, 2.75) is 31.3 Å². The topological polar surface area (TPSA) is 75.5 Å². The second kappa shape index (κ2) is 5.40. The number of nitro benzene ring substituents is 1. The average molecular weight is 293 g/mol. The summed E-state index contributed by atoms with van der Waals surface area (Å²) in [5.74, 6) is -1.31. The van der Waals surface area contributed by atoms with Gasteiger partial charge in [0.15, 0.2) is 0 Å². The van der Waals surface area contributed by atoms with E-state index in [9.17, 15) is 19.3 Å². The van der Waals surface area contributed by atoms with Gasteiger partial charge in [0.25, 0.3) is 11.6 Å². The van der Waals surface area contributed by atoms with Gasteiger partial charge in [0, 0.05) is 30.8 Å². The fourth-order valence-electron chi connectivity index (χ4n) is 3.30. The van der Waals surface area contributed by atoms with E-state index in [4.69, 9.17) is 0 Å². The molecule has 2 aliphatic rings. The molecule has 0 aliphatic carbocycles. The van der Waals surface area contributed by atoms with Gasteiger partial charge in [0.05, 0.1) is 10.5 Å². The Kier molecular flexibility index (Phi) is 3.59. The van der Waals surface area contributed by atoms with Crippen LogP contribution in [0.3, 0.4) is 0 Å². The van der Waals surface area contributed by atoms with E-state index in [-0.39, 0.29) is 17.3 Å². The average Bonchev–Trinajstić information content (AvgIpc) is 3.04. The van der Waals surface area contributed by atoms with Crippen LogP contribution < -0.4 is 5.32 Å². The van der Waals surface area contributed by atoms with Crippen molar-refractivity contribution < 1.29 is 14.1 Å². The molecule has 2 fully saturated rings. The van der Waals surface area contributed by atoms with Crippen molar-refractivity contribution in [2.24, 2.45) is 0 Å². The highest BCUT2D eigenvalue weighted by Crippen LogP contribution is 2.28. The second-order valence-electron chi connectivity index (χ2n) is 5.54. The van der Waals surface area contributed by atoms with Crippen molar-refractivity contribution in [3.63, 3.8) is 0 Å². The van der Waals surface area contributed by atoms with Crippen LogP contribution in [-0.4, -0.2) is 40.9 Å². The molecule has 0 bridgehead atoms. The van der Waals surface area contributed by atoms with Gasteiger partial charge >= 0.3 is 0 Å². The van der Waals surface area contributed by atoms with Crippen molar-refractivity contribution in [1.29, 1.82) is 0 Å². The summed E-state index contributed by atoms with van der Waals surface area (Å²) >= 11 is 0. The first-order valence-electron chi connectivity index (χ1n) is 7.05. The third-order valence-corrected chi connectivity index (χ3v) is 4.33. The highest BCUT2D eigenvalue weighted by atomic mass is 19.1. The van der Waals surface area contributed by atoms with E-state index in [1.807, 2.05) is 0 Å². The maximum atomic E-state index is 13.7. The molecule has 7 heteroatoms. The van der Waals surface area contributed by atoms with Crippen LogP contribution in [-0.2, 0) is 0 Å². The number of rotatable bonds is 3. The summed E-state index contributed by atoms with van der Waals surface area (Å²) in [7, 11) is 0. The van der Waals surface area contributed by atoms with Crippen molar-refractivity contribution in [1.82, 2.24) is 10.2 Å². The monoisotopic (exact) mass is 293 g/mol. The highest BCUT2D eigenvalue weighted by molar-refractivity contribution is 5.95. The number of carbonyl (C=O) groups excluding carboxylic acids is 1. The molecule has 1 N–H and O–H groups in total. The molecule has 1 aromatic rings. The lowest BCUT2D eigenvalue weighted by Gasteiger charge is -2.21. The van der Waals surface area contributed by atoms with Crippen LogP contribution in [0.4, 0.5) is 10.1 Å². The number of non-ortho nitro benzene ring substituents is 1. The lowest BCUT2D eigenvalue weighted by Crippen LogP contribution is -2.42. The lowest BCUT2D eigenvalue weighted by molar-refractivity contribution is -0.384. The fourth-order valence-corrected chi connectivity index (χ4v) is 3.30. The number of nitro groups is 1. The minimum atomic E-state index is -0.737. The van der Waals surface area contributed by atoms with Gasteiger partial charge < -0.3 is 5.32 Å². The number of hydrogen-bond acceptors (Lipinski definition) is 4. The molecule has 0 radical (unpaired) electrons. The number of carbonyl (C=O) groups is 1. The van der Waals surface area contributed by atoms with Gasteiger partial charge in [-0.05, 0) is 31.9 Å². The number of fused-ring (bicyclic) bond motifs is 1. The zero-order valence-electron chi connectivity index (χ0n) is 11.4. The Morgan fingerprint density at radius 2 is 2.19 bits per heavy atom. The number of benzene rings is 1. The molecule has 3 rings (SSSR count). The minimum Gasteiger partial charge on any atom is -0.348 e. The summed E-state index contributed by atoms with van der Waals surface area (Å²) in [4.78, 5) is 24.6. The number of nitrogens with one attached hydrogen (secondary N) is 1. The van der Waals surface area contributed by atoms with E-state index in [0.29, 0.717) is 6.04 Å². The Hall–Kier alpha value is -2.02. The molecule has 1 amide bonds. The molecule has 2 atom stereocenters. The molecule has 0 saturated carbocycles. The van der Waals surface area contributed by atoms with E-state index < -0.39 is 16.6 Å². The van der Waals surface area contributed by atoms with Gasteiger partial charge in [-0.1, -0.05) is 0 Å². The normalized spacial score (nSPS) is 24.8. The molecule has 2 heterocycles. The van der Waals surface area contributed by atoms with Crippen LogP contribution in [0.2, 0.25) is 0 Å². The van der Waals surface area contributed by atoms with Crippen molar-refractivity contribution >= 4 is 11.6 Å². The quantitative estimate of drug-likeness (QED) is 0.680. The SMILES string of the molecule is O=C(NC1CCN2CCCC12)c1cc([N+](=O)[O-])ccc1F. The Morgan fingerprint density at radius 1 is 1.38 bits per heavy atom. The zero-order chi connectivity index (χ0) is 15.0. The summed E-state index contributed by atoms with van der Waals surface area (Å²) in [6.45, 7) is 1.98. The third kappa shape index (κ3) is 2.61. The molecular weight excluding hydrogens is 277 g/mol. The fraction of sp³-hybridized carbons (Fsp3) is 0.500. The zero-order valence-corrected chi connectivity index (χ0v) is 11.4. The summed E-state index contributed by atoms with van der Waals surface area (Å²) in [5, 5.41) is 13.6. The van der Waals surface area contributed by atoms with Gasteiger partial charge in [-0.3, -0.25) is 19.8 Å². The summed E-state index contributed by atoms with van der Waals surface area (Å²) in [6, 6.07) is 3.32. The molecule has 0 aromatic heterocycles. The van der Waals surface area contributed by atoms with Crippen LogP contribution in [0.1, 0.15) is 29.6 Å². The van der Waals surface area contributed by atoms with Gasteiger partial charge in [-0.25, -0.2) is 4.39 Å². The Labute approximate surface area is 121 Å². The summed E-state index contributed by atoms with van der Waals surface area (Å²) in [6.07, 6.45) is 2.98. The predicted molar refractivity (Wildman–Crippen MR) is 73.5 cm³/mol. The maximum absolute atomic E-state index is 13.7. The molecule has 2 unspecified atom stereocenters. The van der Waals surface area contributed by atoms with Crippen LogP contribution >= 0.6 is 0 Å². The van der Waals surface area contributed by atoms with Gasteiger partial charge in [0.2, 0.25) is 0 Å². The van der Waals surface area contributed by atoms with Crippen molar-refractivity contribution in [2.75, 3.05) is 13.1 Å². The first kappa shape index (κ1) is 13.9. The molecular formula is C14H16FN3O3. The standard InChI is InChI=1S/C14H16FN3O3/c15-11-4-3-9(18(20)21)8-10(11)14(19)16-12-5-7-17-6-1-2-13(12)17/h3-4,8,12-13H,1-2,5-7H2,(H,16,19). The van der Waals surface area contributed by atoms with Crippen LogP contribution in [0.25, 0.3) is 0 Å². The minimum absolute atomic E-state index is 0.00124. The molecule has 112 valence electrons. The van der Waals surface area contributed by atoms with E-state index in [2.05, 4.69) is 10.2 Å². The van der Waals surface area contributed by atoms with Crippen molar-refractivity contribution in [3.8, 4) is 0 Å². The van der Waals surface area contributed by atoms with E-state index in [1.54, 1.807) is 0 Å². The van der Waals surface area contributed by atoms with E-state index in [1.165, 1.54) is 0 Å². The van der Waals surface area contributed by atoms with Gasteiger partial charge in [-0.15, -0.1) is 0 Å². The molecule has 1 aromatic carbocycles. The Morgan fingerprint density at radius 3 is 2.95 bits per heavy atom. The van der Waals surface area contributed by atoms with E-state index >= 15 is 0 Å². The third-order valence-electron chi connectivity index (χ3n) is 4.33. The molecule has 0 spiro atoms. The van der Waals surface area contributed by atoms with E-state index in [0.717, 1.165) is 50.6 Å². The summed E-state index contributed by atoms with van der Waals surface area (Å²) < 4.78 is 13.7. The second-order valence-corrected chi connectivity index (χ2v) is 5.54. The number of amides is 1. The van der Waals surface area contributed by atoms with Crippen LogP contribution in [0.5, 0.6) is 0 Å². The molecule has 2 saturated heterocycles. The predicted octanol–water partition coefficient (Wildman–Crippen LogP) is 1.70. The van der Waals surface area contributed by atoms with Crippen LogP contribution in [0.15, 0.2) is 18.2 Å².